The Morgan fingerprint density at radius 2 is 1.88 bits per heavy atom. The quantitative estimate of drug-likeness (QED) is 0.743. The van der Waals surface area contributed by atoms with Crippen LogP contribution in [-0.2, 0) is 12.8 Å². The van der Waals surface area contributed by atoms with E-state index >= 15 is 0 Å². The molecule has 0 bridgehead atoms. The summed E-state index contributed by atoms with van der Waals surface area (Å²) in [6, 6.07) is 8.17. The minimum absolute atomic E-state index is 0.399. The number of aldehydes is 1. The first-order chi connectivity index (χ1) is 8.30. The lowest BCUT2D eigenvalue weighted by Crippen LogP contribution is -1.92. The number of rotatable bonds is 4. The van der Waals surface area contributed by atoms with Crippen LogP contribution in [0.1, 0.15) is 35.5 Å². The molecule has 1 aromatic carbocycles. The van der Waals surface area contributed by atoms with Crippen molar-refractivity contribution in [3.8, 4) is 11.1 Å². The van der Waals surface area contributed by atoms with Gasteiger partial charge in [0.15, 0.2) is 12.0 Å². The van der Waals surface area contributed by atoms with Gasteiger partial charge in [0, 0.05) is 5.56 Å². The van der Waals surface area contributed by atoms with E-state index in [-0.39, 0.29) is 0 Å². The second kappa shape index (κ2) is 5.00. The summed E-state index contributed by atoms with van der Waals surface area (Å²) in [6.07, 6.45) is 4.35. The third-order valence-corrected chi connectivity index (χ3v) is 3.08. The Balaban J connectivity index is 2.50. The van der Waals surface area contributed by atoms with Crippen LogP contribution in [-0.4, -0.2) is 6.29 Å². The molecular formula is C15H16O2. The first kappa shape index (κ1) is 11.6. The van der Waals surface area contributed by atoms with Crippen LogP contribution in [0.3, 0.4) is 0 Å². The molecule has 2 nitrogen and oxygen atoms in total. The third kappa shape index (κ3) is 2.16. The molecule has 0 N–H and O–H groups in total. The molecule has 0 spiro atoms. The second-order valence-electron chi connectivity index (χ2n) is 4.01. The lowest BCUT2D eigenvalue weighted by molar-refractivity contribution is 0.110. The number of hydrogen-bond acceptors (Lipinski definition) is 2. The van der Waals surface area contributed by atoms with Gasteiger partial charge >= 0.3 is 0 Å². The number of furan rings is 1. The van der Waals surface area contributed by atoms with Crippen molar-refractivity contribution in [1.82, 2.24) is 0 Å². The normalized spacial score (nSPS) is 10.5. The molecule has 0 saturated carbocycles. The van der Waals surface area contributed by atoms with Crippen molar-refractivity contribution in [3.63, 3.8) is 0 Å². The maximum atomic E-state index is 10.8. The van der Waals surface area contributed by atoms with Crippen LogP contribution in [0.5, 0.6) is 0 Å². The Hall–Kier alpha value is -1.83. The van der Waals surface area contributed by atoms with Gasteiger partial charge in [-0.25, -0.2) is 0 Å². The van der Waals surface area contributed by atoms with Gasteiger partial charge in [0.2, 0.25) is 0 Å². The van der Waals surface area contributed by atoms with Crippen molar-refractivity contribution < 1.29 is 9.21 Å². The zero-order valence-corrected chi connectivity index (χ0v) is 10.2. The Labute approximate surface area is 101 Å². The monoisotopic (exact) mass is 228 g/mol. The van der Waals surface area contributed by atoms with E-state index in [1.165, 1.54) is 11.1 Å². The van der Waals surface area contributed by atoms with Crippen LogP contribution < -0.4 is 0 Å². The van der Waals surface area contributed by atoms with Gasteiger partial charge in [0.1, 0.15) is 0 Å². The molecule has 0 saturated heterocycles. The molecule has 0 radical (unpaired) electrons. The second-order valence-corrected chi connectivity index (χ2v) is 4.01. The predicted octanol–water partition coefficient (Wildman–Crippen LogP) is 3.88. The summed E-state index contributed by atoms with van der Waals surface area (Å²) in [5.41, 5.74) is 4.63. The van der Waals surface area contributed by atoms with Gasteiger partial charge < -0.3 is 4.42 Å². The molecule has 0 fully saturated rings. The summed E-state index contributed by atoms with van der Waals surface area (Å²) in [7, 11) is 0. The minimum Gasteiger partial charge on any atom is -0.461 e. The maximum absolute atomic E-state index is 10.8. The van der Waals surface area contributed by atoms with Crippen molar-refractivity contribution in [2.75, 3.05) is 0 Å². The van der Waals surface area contributed by atoms with E-state index in [0.29, 0.717) is 5.76 Å². The molecule has 1 heterocycles. The third-order valence-electron chi connectivity index (χ3n) is 3.08. The lowest BCUT2D eigenvalue weighted by atomic mass is 9.97. The molecule has 0 amide bonds. The number of carbonyl (C=O) groups excluding carboxylic acids is 1. The average Bonchev–Trinajstić information content (AvgIpc) is 2.86. The molecule has 2 rings (SSSR count). The molecule has 0 unspecified atom stereocenters. The standard InChI is InChI=1S/C15H16O2/c1-3-11-5-6-13(9-12(11)4-2)14-7-8-17-15(14)10-16/h5-10H,3-4H2,1-2H3. The highest BCUT2D eigenvalue weighted by Gasteiger charge is 2.09. The van der Waals surface area contributed by atoms with Gasteiger partial charge in [0.25, 0.3) is 0 Å². The Bertz CT molecular complexity index is 523. The van der Waals surface area contributed by atoms with E-state index in [0.717, 1.165) is 30.3 Å². The van der Waals surface area contributed by atoms with Crippen LogP contribution in [0, 0.1) is 0 Å². The molecule has 2 aromatic rings. The van der Waals surface area contributed by atoms with Crippen LogP contribution in [0.15, 0.2) is 34.9 Å². The molecule has 0 aliphatic rings. The number of benzene rings is 1. The van der Waals surface area contributed by atoms with Crippen molar-refractivity contribution in [1.29, 1.82) is 0 Å². The highest BCUT2D eigenvalue weighted by atomic mass is 16.3. The van der Waals surface area contributed by atoms with E-state index in [9.17, 15) is 4.79 Å². The zero-order valence-electron chi connectivity index (χ0n) is 10.2. The van der Waals surface area contributed by atoms with Gasteiger partial charge in [-0.05, 0) is 35.6 Å². The average molecular weight is 228 g/mol. The van der Waals surface area contributed by atoms with Crippen molar-refractivity contribution in [2.24, 2.45) is 0 Å². The largest absolute Gasteiger partial charge is 0.461 e. The van der Waals surface area contributed by atoms with E-state index in [4.69, 9.17) is 4.42 Å². The van der Waals surface area contributed by atoms with Crippen LogP contribution in [0.4, 0.5) is 0 Å². The van der Waals surface area contributed by atoms with Crippen molar-refractivity contribution in [2.45, 2.75) is 26.7 Å². The number of carbonyl (C=O) groups is 1. The first-order valence-electron chi connectivity index (χ1n) is 5.95. The van der Waals surface area contributed by atoms with E-state index < -0.39 is 0 Å². The van der Waals surface area contributed by atoms with Crippen molar-refractivity contribution in [3.05, 3.63) is 47.4 Å². The number of hydrogen-bond donors (Lipinski definition) is 0. The summed E-state index contributed by atoms with van der Waals surface area (Å²) in [4.78, 5) is 10.8. The van der Waals surface area contributed by atoms with Crippen LogP contribution in [0.2, 0.25) is 0 Å². The van der Waals surface area contributed by atoms with Crippen LogP contribution in [0.25, 0.3) is 11.1 Å². The van der Waals surface area contributed by atoms with Crippen molar-refractivity contribution >= 4 is 6.29 Å². The number of aryl methyl sites for hydroxylation is 2. The highest BCUT2D eigenvalue weighted by Crippen LogP contribution is 2.26. The highest BCUT2D eigenvalue weighted by molar-refractivity contribution is 5.84. The van der Waals surface area contributed by atoms with Gasteiger partial charge in [-0.3, -0.25) is 4.79 Å². The first-order valence-corrected chi connectivity index (χ1v) is 5.95. The molecule has 17 heavy (non-hydrogen) atoms. The minimum atomic E-state index is 0.399. The zero-order chi connectivity index (χ0) is 12.3. The molecule has 1 aromatic heterocycles. The summed E-state index contributed by atoms with van der Waals surface area (Å²) >= 11 is 0. The topological polar surface area (TPSA) is 30.2 Å². The fourth-order valence-corrected chi connectivity index (χ4v) is 2.12. The Morgan fingerprint density at radius 3 is 2.53 bits per heavy atom. The van der Waals surface area contributed by atoms with Gasteiger partial charge in [-0.1, -0.05) is 32.0 Å². The molecule has 0 aliphatic heterocycles. The molecular weight excluding hydrogens is 212 g/mol. The Kier molecular flexibility index (Phi) is 3.43. The fourth-order valence-electron chi connectivity index (χ4n) is 2.12. The van der Waals surface area contributed by atoms with E-state index in [1.54, 1.807) is 6.26 Å². The van der Waals surface area contributed by atoms with E-state index in [2.05, 4.69) is 32.0 Å². The van der Waals surface area contributed by atoms with Crippen LogP contribution >= 0.6 is 0 Å². The fraction of sp³-hybridized carbons (Fsp3) is 0.267. The summed E-state index contributed by atoms with van der Waals surface area (Å²) in [5.74, 6) is 0.399. The molecule has 2 heteroatoms. The summed E-state index contributed by atoms with van der Waals surface area (Å²) in [5, 5.41) is 0. The van der Waals surface area contributed by atoms with Gasteiger partial charge in [-0.2, -0.15) is 0 Å². The summed E-state index contributed by atoms with van der Waals surface area (Å²) < 4.78 is 5.13. The maximum Gasteiger partial charge on any atom is 0.185 e. The molecule has 0 atom stereocenters. The van der Waals surface area contributed by atoms with E-state index in [1.807, 2.05) is 6.07 Å². The smallest absolute Gasteiger partial charge is 0.185 e. The van der Waals surface area contributed by atoms with Gasteiger partial charge in [0.05, 0.1) is 6.26 Å². The van der Waals surface area contributed by atoms with Gasteiger partial charge in [-0.15, -0.1) is 0 Å². The molecule has 88 valence electrons. The molecule has 0 aliphatic carbocycles. The predicted molar refractivity (Wildman–Crippen MR) is 68.3 cm³/mol. The lowest BCUT2D eigenvalue weighted by Gasteiger charge is -2.08. The SMILES string of the molecule is CCc1ccc(-c2ccoc2C=O)cc1CC. The summed E-state index contributed by atoms with van der Waals surface area (Å²) in [6.45, 7) is 4.30. The Morgan fingerprint density at radius 1 is 1.12 bits per heavy atom.